The molecule has 0 radical (unpaired) electrons. The van der Waals surface area contributed by atoms with Crippen LogP contribution in [0.15, 0.2) is 41.3 Å². The zero-order chi connectivity index (χ0) is 22.2. The van der Waals surface area contributed by atoms with Gasteiger partial charge in [-0.2, -0.15) is 4.31 Å². The molecule has 0 saturated carbocycles. The number of hydrogen-bond acceptors (Lipinski definition) is 7. The summed E-state index contributed by atoms with van der Waals surface area (Å²) in [6.07, 6.45) is 0.994. The van der Waals surface area contributed by atoms with E-state index in [0.717, 1.165) is 0 Å². The fourth-order valence-corrected chi connectivity index (χ4v) is 5.61. The van der Waals surface area contributed by atoms with E-state index in [0.29, 0.717) is 41.4 Å². The molecule has 2 aliphatic rings. The molecule has 0 atom stereocenters. The van der Waals surface area contributed by atoms with Gasteiger partial charge in [-0.05, 0) is 36.4 Å². The molecule has 2 heterocycles. The number of ketones is 1. The van der Waals surface area contributed by atoms with Gasteiger partial charge in [0.1, 0.15) is 11.4 Å². The highest BCUT2D eigenvalue weighted by molar-refractivity contribution is 7.89. The Balaban J connectivity index is 1.56. The van der Waals surface area contributed by atoms with Gasteiger partial charge in [-0.3, -0.25) is 4.79 Å². The number of sulfonamides is 1. The van der Waals surface area contributed by atoms with Gasteiger partial charge in [-0.25, -0.2) is 8.42 Å². The standard InChI is InChI=1S/C22H25NO7S/c1-27-15-4-6-16(7-5-15)31(25,26)23-12-10-22(11-13-23)14-18(24)17-8-9-19(28-2)21(29-3)20(17)30-22/h4-9H,10-14H2,1-3H3. The van der Waals surface area contributed by atoms with E-state index in [1.807, 2.05) is 0 Å². The van der Waals surface area contributed by atoms with Crippen LogP contribution in [0.1, 0.15) is 29.6 Å². The van der Waals surface area contributed by atoms with Crippen molar-refractivity contribution in [2.45, 2.75) is 29.8 Å². The summed E-state index contributed by atoms with van der Waals surface area (Å²) >= 11 is 0. The van der Waals surface area contributed by atoms with Gasteiger partial charge in [-0.1, -0.05) is 0 Å². The molecular weight excluding hydrogens is 422 g/mol. The third-order valence-corrected chi connectivity index (χ3v) is 7.85. The van der Waals surface area contributed by atoms with E-state index in [1.54, 1.807) is 24.3 Å². The van der Waals surface area contributed by atoms with Crippen molar-refractivity contribution in [2.24, 2.45) is 0 Å². The number of fused-ring (bicyclic) bond motifs is 1. The monoisotopic (exact) mass is 447 g/mol. The van der Waals surface area contributed by atoms with Crippen LogP contribution in [0.2, 0.25) is 0 Å². The van der Waals surface area contributed by atoms with Crippen molar-refractivity contribution in [1.29, 1.82) is 0 Å². The van der Waals surface area contributed by atoms with Gasteiger partial charge in [0.25, 0.3) is 0 Å². The topological polar surface area (TPSA) is 91.4 Å². The second-order valence-electron chi connectivity index (χ2n) is 7.64. The third-order valence-electron chi connectivity index (χ3n) is 5.93. The summed E-state index contributed by atoms with van der Waals surface area (Å²) in [5.74, 6) is 1.76. The second-order valence-corrected chi connectivity index (χ2v) is 9.58. The lowest BCUT2D eigenvalue weighted by atomic mass is 9.83. The quantitative estimate of drug-likeness (QED) is 0.696. The average molecular weight is 448 g/mol. The summed E-state index contributed by atoms with van der Waals surface area (Å²) in [6, 6.07) is 9.67. The first-order chi connectivity index (χ1) is 14.8. The number of piperidine rings is 1. The highest BCUT2D eigenvalue weighted by Gasteiger charge is 2.46. The summed E-state index contributed by atoms with van der Waals surface area (Å²) in [7, 11) is 0.901. The number of carbonyl (C=O) groups is 1. The number of rotatable bonds is 5. The number of carbonyl (C=O) groups excluding carboxylic acids is 1. The first kappa shape index (κ1) is 21.5. The summed E-state index contributed by atoms with van der Waals surface area (Å²) in [4.78, 5) is 13.1. The molecule has 9 heteroatoms. The SMILES string of the molecule is COc1ccc(S(=O)(=O)N2CCC3(CC2)CC(=O)c2ccc(OC)c(OC)c2O3)cc1. The maximum absolute atomic E-state index is 13.0. The van der Waals surface area contributed by atoms with Crippen molar-refractivity contribution in [3.05, 3.63) is 42.0 Å². The van der Waals surface area contributed by atoms with Crippen LogP contribution in [-0.4, -0.2) is 58.5 Å². The zero-order valence-electron chi connectivity index (χ0n) is 17.7. The maximum atomic E-state index is 13.0. The smallest absolute Gasteiger partial charge is 0.243 e. The molecule has 2 aliphatic heterocycles. The van der Waals surface area contributed by atoms with Gasteiger partial charge in [0.15, 0.2) is 17.3 Å². The van der Waals surface area contributed by atoms with E-state index in [4.69, 9.17) is 18.9 Å². The predicted molar refractivity (Wildman–Crippen MR) is 113 cm³/mol. The molecule has 2 aromatic rings. The molecule has 2 aromatic carbocycles. The number of Topliss-reactive ketones (excluding diaryl/α,β-unsaturated/α-hetero) is 1. The van der Waals surface area contributed by atoms with Crippen molar-refractivity contribution in [1.82, 2.24) is 4.31 Å². The van der Waals surface area contributed by atoms with Crippen LogP contribution < -0.4 is 18.9 Å². The largest absolute Gasteiger partial charge is 0.497 e. The van der Waals surface area contributed by atoms with Crippen LogP contribution in [0.25, 0.3) is 0 Å². The maximum Gasteiger partial charge on any atom is 0.243 e. The molecule has 1 fully saturated rings. The molecule has 0 N–H and O–H groups in total. The van der Waals surface area contributed by atoms with Crippen molar-refractivity contribution < 1.29 is 32.2 Å². The molecule has 0 amide bonds. The van der Waals surface area contributed by atoms with E-state index < -0.39 is 15.6 Å². The highest BCUT2D eigenvalue weighted by atomic mass is 32.2. The Hall–Kier alpha value is -2.78. The van der Waals surface area contributed by atoms with E-state index in [-0.39, 0.29) is 30.2 Å². The molecule has 0 unspecified atom stereocenters. The van der Waals surface area contributed by atoms with Crippen LogP contribution in [0, 0.1) is 0 Å². The number of benzene rings is 2. The Morgan fingerprint density at radius 2 is 1.61 bits per heavy atom. The van der Waals surface area contributed by atoms with Crippen LogP contribution in [0.3, 0.4) is 0 Å². The van der Waals surface area contributed by atoms with E-state index in [9.17, 15) is 13.2 Å². The van der Waals surface area contributed by atoms with Crippen LogP contribution in [0.5, 0.6) is 23.0 Å². The molecular formula is C22H25NO7S. The van der Waals surface area contributed by atoms with Gasteiger partial charge in [0.05, 0.1) is 38.2 Å². The number of hydrogen-bond donors (Lipinski definition) is 0. The molecule has 166 valence electrons. The molecule has 1 spiro atoms. The summed E-state index contributed by atoms with van der Waals surface area (Å²) in [5.41, 5.74) is -0.313. The number of methoxy groups -OCH3 is 3. The lowest BCUT2D eigenvalue weighted by Gasteiger charge is -2.43. The zero-order valence-corrected chi connectivity index (χ0v) is 18.5. The van der Waals surface area contributed by atoms with Gasteiger partial charge in [0.2, 0.25) is 15.8 Å². The fraction of sp³-hybridized carbons (Fsp3) is 0.409. The van der Waals surface area contributed by atoms with E-state index >= 15 is 0 Å². The average Bonchev–Trinajstić information content (AvgIpc) is 2.78. The Morgan fingerprint density at radius 3 is 2.19 bits per heavy atom. The fourth-order valence-electron chi connectivity index (χ4n) is 4.17. The van der Waals surface area contributed by atoms with E-state index in [2.05, 4.69) is 0 Å². The Morgan fingerprint density at radius 1 is 0.935 bits per heavy atom. The van der Waals surface area contributed by atoms with Crippen molar-refractivity contribution in [2.75, 3.05) is 34.4 Å². The minimum atomic E-state index is -3.65. The highest BCUT2D eigenvalue weighted by Crippen LogP contribution is 2.48. The van der Waals surface area contributed by atoms with Crippen LogP contribution >= 0.6 is 0 Å². The first-order valence-electron chi connectivity index (χ1n) is 9.95. The van der Waals surface area contributed by atoms with Crippen molar-refractivity contribution in [3.8, 4) is 23.0 Å². The molecule has 0 aliphatic carbocycles. The lowest BCUT2D eigenvalue weighted by Crippen LogP contribution is -2.52. The van der Waals surface area contributed by atoms with Crippen molar-refractivity contribution >= 4 is 15.8 Å². The van der Waals surface area contributed by atoms with E-state index in [1.165, 1.54) is 37.8 Å². The van der Waals surface area contributed by atoms with Crippen LogP contribution in [0.4, 0.5) is 0 Å². The van der Waals surface area contributed by atoms with Gasteiger partial charge in [-0.15, -0.1) is 0 Å². The first-order valence-corrected chi connectivity index (χ1v) is 11.4. The Bertz CT molecular complexity index is 1090. The molecule has 0 bridgehead atoms. The minimum absolute atomic E-state index is 0.0475. The lowest BCUT2D eigenvalue weighted by molar-refractivity contribution is 0.00376. The van der Waals surface area contributed by atoms with Crippen LogP contribution in [-0.2, 0) is 10.0 Å². The predicted octanol–water partition coefficient (Wildman–Crippen LogP) is 2.90. The van der Waals surface area contributed by atoms with Gasteiger partial charge in [0, 0.05) is 25.9 Å². The summed E-state index contributed by atoms with van der Waals surface area (Å²) in [6.45, 7) is 0.506. The minimum Gasteiger partial charge on any atom is -0.497 e. The second kappa shape index (κ2) is 8.05. The molecule has 8 nitrogen and oxygen atoms in total. The van der Waals surface area contributed by atoms with Crippen molar-refractivity contribution in [3.63, 3.8) is 0 Å². The Kier molecular flexibility index (Phi) is 5.57. The summed E-state index contributed by atoms with van der Waals surface area (Å²) in [5, 5.41) is 0. The third kappa shape index (κ3) is 3.72. The summed E-state index contributed by atoms with van der Waals surface area (Å²) < 4.78 is 49.7. The van der Waals surface area contributed by atoms with Gasteiger partial charge < -0.3 is 18.9 Å². The molecule has 0 aromatic heterocycles. The number of nitrogens with zero attached hydrogens (tertiary/aromatic N) is 1. The molecule has 4 rings (SSSR count). The molecule has 31 heavy (non-hydrogen) atoms. The Labute approximate surface area is 181 Å². The van der Waals surface area contributed by atoms with Gasteiger partial charge >= 0.3 is 0 Å². The normalized spacial score (nSPS) is 18.2. The number of ether oxygens (including phenoxy) is 4. The molecule has 1 saturated heterocycles.